The van der Waals surface area contributed by atoms with Gasteiger partial charge < -0.3 is 23.9 Å². The van der Waals surface area contributed by atoms with Gasteiger partial charge in [0.25, 0.3) is 0 Å². The second-order valence-corrected chi connectivity index (χ2v) is 11.2. The number of carbonyl (C=O) groups excluding carboxylic acids is 1. The van der Waals surface area contributed by atoms with E-state index < -0.39 is 0 Å². The SMILES string of the molecule is CON=C1CCN(C(=O)C2CC=C(c3ccc(OCC4CCN(c5nc(C(C)C)no5)CC4)cc3)CC2)CC1. The number of carbonyl (C=O) groups is 1. The zero-order chi connectivity index (χ0) is 27.2. The molecule has 1 aliphatic carbocycles. The zero-order valence-electron chi connectivity index (χ0n) is 23.5. The molecule has 3 heterocycles. The van der Waals surface area contributed by atoms with Crippen molar-refractivity contribution < 1.29 is 18.9 Å². The number of nitrogens with zero attached hydrogens (tertiary/aromatic N) is 5. The third-order valence-corrected chi connectivity index (χ3v) is 8.18. The number of benzene rings is 1. The van der Waals surface area contributed by atoms with Gasteiger partial charge in [-0.1, -0.05) is 42.4 Å². The number of anilines is 1. The highest BCUT2D eigenvalue weighted by molar-refractivity contribution is 5.88. The largest absolute Gasteiger partial charge is 0.493 e. The van der Waals surface area contributed by atoms with E-state index in [1.165, 1.54) is 11.1 Å². The molecule has 1 aromatic heterocycles. The Morgan fingerprint density at radius 1 is 1.08 bits per heavy atom. The molecule has 0 spiro atoms. The minimum Gasteiger partial charge on any atom is -0.493 e. The summed E-state index contributed by atoms with van der Waals surface area (Å²) in [5.74, 6) is 2.83. The molecule has 0 N–H and O–H groups in total. The van der Waals surface area contributed by atoms with E-state index in [1.54, 1.807) is 7.11 Å². The molecule has 39 heavy (non-hydrogen) atoms. The minimum absolute atomic E-state index is 0.0840. The summed E-state index contributed by atoms with van der Waals surface area (Å²) in [6, 6.07) is 9.08. The van der Waals surface area contributed by atoms with Crippen LogP contribution in [0.25, 0.3) is 5.57 Å². The summed E-state index contributed by atoms with van der Waals surface area (Å²) in [6.07, 6.45) is 8.60. The molecule has 1 amide bonds. The van der Waals surface area contributed by atoms with Gasteiger partial charge in [-0.05, 0) is 61.3 Å². The Kier molecular flexibility index (Phi) is 8.84. The Labute approximate surface area is 231 Å². The van der Waals surface area contributed by atoms with Gasteiger partial charge in [-0.25, -0.2) is 0 Å². The minimum atomic E-state index is 0.0840. The molecule has 2 fully saturated rings. The number of ether oxygens (including phenoxy) is 1. The summed E-state index contributed by atoms with van der Waals surface area (Å²) in [7, 11) is 1.57. The lowest BCUT2D eigenvalue weighted by Gasteiger charge is -2.32. The summed E-state index contributed by atoms with van der Waals surface area (Å²) < 4.78 is 11.6. The first kappa shape index (κ1) is 27.2. The van der Waals surface area contributed by atoms with Crippen LogP contribution in [0.5, 0.6) is 5.75 Å². The first-order chi connectivity index (χ1) is 19.0. The van der Waals surface area contributed by atoms with E-state index in [1.807, 2.05) is 4.90 Å². The third kappa shape index (κ3) is 6.81. The van der Waals surface area contributed by atoms with Crippen molar-refractivity contribution in [2.45, 2.75) is 64.7 Å². The average molecular weight is 536 g/mol. The normalized spacial score (nSPS) is 20.7. The highest BCUT2D eigenvalue weighted by Gasteiger charge is 2.29. The number of oxime groups is 1. The second kappa shape index (κ2) is 12.7. The molecule has 9 nitrogen and oxygen atoms in total. The van der Waals surface area contributed by atoms with Crippen LogP contribution >= 0.6 is 0 Å². The molecule has 5 rings (SSSR count). The molecule has 1 aromatic carbocycles. The fourth-order valence-electron chi connectivity index (χ4n) is 5.64. The van der Waals surface area contributed by atoms with E-state index in [0.29, 0.717) is 11.9 Å². The van der Waals surface area contributed by atoms with E-state index in [4.69, 9.17) is 14.1 Å². The monoisotopic (exact) mass is 535 g/mol. The maximum atomic E-state index is 13.0. The van der Waals surface area contributed by atoms with Crippen molar-refractivity contribution in [3.63, 3.8) is 0 Å². The predicted octanol–water partition coefficient (Wildman–Crippen LogP) is 5.30. The van der Waals surface area contributed by atoms with E-state index in [-0.39, 0.29) is 17.7 Å². The predicted molar refractivity (Wildman–Crippen MR) is 151 cm³/mol. The van der Waals surface area contributed by atoms with Crippen LogP contribution in [0.2, 0.25) is 0 Å². The van der Waals surface area contributed by atoms with E-state index in [0.717, 1.165) is 95.0 Å². The van der Waals surface area contributed by atoms with Gasteiger partial charge in [-0.15, -0.1) is 0 Å². The van der Waals surface area contributed by atoms with Crippen LogP contribution in [-0.4, -0.2) is 66.6 Å². The molecule has 2 aliphatic heterocycles. The zero-order valence-corrected chi connectivity index (χ0v) is 23.5. The summed E-state index contributed by atoms with van der Waals surface area (Å²) in [4.78, 5) is 26.6. The van der Waals surface area contributed by atoms with Gasteiger partial charge in [-0.2, -0.15) is 4.98 Å². The Balaban J connectivity index is 1.05. The smallest absolute Gasteiger partial charge is 0.324 e. The molecule has 9 heteroatoms. The van der Waals surface area contributed by atoms with Crippen molar-refractivity contribution in [2.24, 2.45) is 17.0 Å². The van der Waals surface area contributed by atoms with E-state index >= 15 is 0 Å². The lowest BCUT2D eigenvalue weighted by molar-refractivity contribution is -0.135. The van der Waals surface area contributed by atoms with Crippen LogP contribution in [0.15, 0.2) is 40.0 Å². The Morgan fingerprint density at radius 3 is 2.44 bits per heavy atom. The molecule has 2 saturated heterocycles. The average Bonchev–Trinajstić information content (AvgIpc) is 3.48. The van der Waals surface area contributed by atoms with E-state index in [2.05, 4.69) is 64.4 Å². The van der Waals surface area contributed by atoms with Crippen molar-refractivity contribution in [3.05, 3.63) is 41.7 Å². The molecule has 0 radical (unpaired) electrons. The van der Waals surface area contributed by atoms with Crippen LogP contribution in [0.4, 0.5) is 6.01 Å². The molecule has 1 atom stereocenters. The summed E-state index contributed by atoms with van der Waals surface area (Å²) in [5.41, 5.74) is 3.60. The second-order valence-electron chi connectivity index (χ2n) is 11.2. The lowest BCUT2D eigenvalue weighted by atomic mass is 9.85. The Morgan fingerprint density at radius 2 is 1.82 bits per heavy atom. The van der Waals surface area contributed by atoms with Crippen LogP contribution in [-0.2, 0) is 9.63 Å². The number of allylic oxidation sites excluding steroid dienone is 2. The molecule has 210 valence electrons. The molecular weight excluding hydrogens is 494 g/mol. The number of aromatic nitrogens is 2. The van der Waals surface area contributed by atoms with Gasteiger partial charge in [0.2, 0.25) is 5.91 Å². The quantitative estimate of drug-likeness (QED) is 0.424. The van der Waals surface area contributed by atoms with Gasteiger partial charge in [0.05, 0.1) is 12.3 Å². The van der Waals surface area contributed by atoms with Crippen LogP contribution in [0.3, 0.4) is 0 Å². The van der Waals surface area contributed by atoms with Crippen molar-refractivity contribution in [3.8, 4) is 5.75 Å². The number of hydrogen-bond acceptors (Lipinski definition) is 8. The highest BCUT2D eigenvalue weighted by Crippen LogP contribution is 2.33. The highest BCUT2D eigenvalue weighted by atomic mass is 16.6. The van der Waals surface area contributed by atoms with Crippen molar-refractivity contribution in [1.82, 2.24) is 15.0 Å². The number of amides is 1. The standard InChI is InChI=1S/C30H41N5O4/c1-21(2)28-31-30(39-33-28)35-16-12-22(13-17-35)20-38-27-10-8-24(9-11-27)23-4-6-25(7-5-23)29(36)34-18-14-26(15-19-34)32-37-3/h4,8-11,21-22,25H,5-7,12-20H2,1-3H3. The van der Waals surface area contributed by atoms with E-state index in [9.17, 15) is 4.79 Å². The maximum Gasteiger partial charge on any atom is 0.324 e. The summed E-state index contributed by atoms with van der Waals surface area (Å²) in [5, 5.41) is 8.13. The van der Waals surface area contributed by atoms with Crippen LogP contribution in [0.1, 0.15) is 76.1 Å². The molecule has 2 aromatic rings. The maximum absolute atomic E-state index is 13.0. The van der Waals surface area contributed by atoms with Gasteiger partial charge in [0.1, 0.15) is 12.9 Å². The number of hydrogen-bond donors (Lipinski definition) is 0. The van der Waals surface area contributed by atoms with Crippen molar-refractivity contribution in [1.29, 1.82) is 0 Å². The molecular formula is C30H41N5O4. The summed E-state index contributed by atoms with van der Waals surface area (Å²) in [6.45, 7) is 8.16. The molecule has 1 unspecified atom stereocenters. The molecule has 0 bridgehead atoms. The number of rotatable bonds is 8. The van der Waals surface area contributed by atoms with Crippen molar-refractivity contribution >= 4 is 23.2 Å². The van der Waals surface area contributed by atoms with Crippen LogP contribution < -0.4 is 9.64 Å². The third-order valence-electron chi connectivity index (χ3n) is 8.18. The topological polar surface area (TPSA) is 93.3 Å². The van der Waals surface area contributed by atoms with Gasteiger partial charge in [-0.3, -0.25) is 4.79 Å². The first-order valence-electron chi connectivity index (χ1n) is 14.4. The fraction of sp³-hybridized carbons (Fsp3) is 0.600. The Bertz CT molecular complexity index is 1150. The van der Waals surface area contributed by atoms with Crippen molar-refractivity contribution in [2.75, 3.05) is 44.8 Å². The number of likely N-dealkylation sites (tertiary alicyclic amines) is 1. The fourth-order valence-corrected chi connectivity index (χ4v) is 5.64. The Hall–Kier alpha value is -3.36. The summed E-state index contributed by atoms with van der Waals surface area (Å²) >= 11 is 0. The lowest BCUT2D eigenvalue weighted by Crippen LogP contribution is -2.42. The van der Waals surface area contributed by atoms with Gasteiger partial charge >= 0.3 is 6.01 Å². The number of piperidine rings is 2. The molecule has 0 saturated carbocycles. The van der Waals surface area contributed by atoms with Crippen LogP contribution in [0, 0.1) is 11.8 Å². The molecule has 3 aliphatic rings. The first-order valence-corrected chi connectivity index (χ1v) is 14.4. The van der Waals surface area contributed by atoms with Gasteiger partial charge in [0, 0.05) is 50.9 Å². The van der Waals surface area contributed by atoms with Gasteiger partial charge in [0.15, 0.2) is 5.82 Å².